The maximum absolute atomic E-state index is 13.4. The molecule has 1 aliphatic carbocycles. The first-order chi connectivity index (χ1) is 13.9. The first-order valence-electron chi connectivity index (χ1n) is 10.2. The van der Waals surface area contributed by atoms with Crippen LogP contribution in [0.1, 0.15) is 28.9 Å². The molecule has 1 saturated carbocycles. The highest BCUT2D eigenvalue weighted by Gasteiger charge is 2.43. The second-order valence-electron chi connectivity index (χ2n) is 8.41. The predicted molar refractivity (Wildman–Crippen MR) is 106 cm³/mol. The maximum Gasteiger partial charge on any atom is 0.329 e. The van der Waals surface area contributed by atoms with Crippen molar-refractivity contribution in [1.29, 1.82) is 0 Å². The van der Waals surface area contributed by atoms with Crippen LogP contribution in [0.4, 0.5) is 0 Å². The van der Waals surface area contributed by atoms with Gasteiger partial charge in [-0.3, -0.25) is 24.0 Å². The predicted octanol–water partition coefficient (Wildman–Crippen LogP) is -0.135. The molecule has 2 aromatic rings. The first-order valence-corrected chi connectivity index (χ1v) is 10.2. The Hall–Kier alpha value is -2.52. The Morgan fingerprint density at radius 2 is 2.03 bits per heavy atom. The van der Waals surface area contributed by atoms with Gasteiger partial charge in [0.2, 0.25) is 0 Å². The molecule has 1 amide bonds. The van der Waals surface area contributed by atoms with E-state index in [9.17, 15) is 14.4 Å². The smallest absolute Gasteiger partial charge is 0.329 e. The lowest BCUT2D eigenvalue weighted by Gasteiger charge is -2.48. The van der Waals surface area contributed by atoms with Crippen molar-refractivity contribution in [2.75, 3.05) is 32.8 Å². The molecule has 9 nitrogen and oxygen atoms in total. The summed E-state index contributed by atoms with van der Waals surface area (Å²) in [5.41, 5.74) is 0.00385. The molecule has 3 aliphatic rings. The molecular formula is C20H25N5O4. The van der Waals surface area contributed by atoms with Crippen LogP contribution in [0.2, 0.25) is 0 Å². The fourth-order valence-electron chi connectivity index (χ4n) is 4.75. The van der Waals surface area contributed by atoms with Crippen LogP contribution < -0.4 is 11.2 Å². The van der Waals surface area contributed by atoms with Gasteiger partial charge in [-0.15, -0.1) is 0 Å². The Kier molecular flexibility index (Phi) is 4.32. The van der Waals surface area contributed by atoms with Crippen LogP contribution >= 0.6 is 0 Å². The number of carbonyl (C=O) groups excluding carboxylic acids is 1. The normalized spacial score (nSPS) is 25.2. The van der Waals surface area contributed by atoms with E-state index in [1.54, 1.807) is 17.9 Å². The number of hydrogen-bond donors (Lipinski definition) is 1. The lowest BCUT2D eigenvalue weighted by atomic mass is 10.0. The molecule has 3 fully saturated rings. The van der Waals surface area contributed by atoms with Crippen LogP contribution in [-0.4, -0.2) is 75.2 Å². The van der Waals surface area contributed by atoms with E-state index >= 15 is 0 Å². The molecule has 29 heavy (non-hydrogen) atoms. The van der Waals surface area contributed by atoms with Gasteiger partial charge in [-0.1, -0.05) is 0 Å². The zero-order chi connectivity index (χ0) is 20.3. The van der Waals surface area contributed by atoms with E-state index in [2.05, 4.69) is 14.9 Å². The van der Waals surface area contributed by atoms with Gasteiger partial charge in [0.25, 0.3) is 11.5 Å². The lowest BCUT2D eigenvalue weighted by Crippen LogP contribution is -2.63. The van der Waals surface area contributed by atoms with Gasteiger partial charge in [-0.2, -0.15) is 0 Å². The van der Waals surface area contributed by atoms with Crippen molar-refractivity contribution in [1.82, 2.24) is 24.3 Å². The number of rotatable bonds is 2. The van der Waals surface area contributed by atoms with Crippen LogP contribution in [0.25, 0.3) is 11.0 Å². The summed E-state index contributed by atoms with van der Waals surface area (Å²) in [6.07, 6.45) is 2.54. The summed E-state index contributed by atoms with van der Waals surface area (Å²) in [6.45, 7) is 5.18. The number of hydrogen-bond acceptors (Lipinski definition) is 6. The lowest BCUT2D eigenvalue weighted by molar-refractivity contribution is -0.0816. The minimum atomic E-state index is -0.576. The largest absolute Gasteiger partial charge is 0.378 e. The number of nitrogens with zero attached hydrogens (tertiary/aromatic N) is 4. The van der Waals surface area contributed by atoms with Crippen molar-refractivity contribution in [3.8, 4) is 0 Å². The van der Waals surface area contributed by atoms with E-state index in [4.69, 9.17) is 4.74 Å². The standard InChI is InChI=1S/C20H25N5O4/c1-11-7-14(16-17(21-11)23(2)20(28)22-18(16)26)19(27)24-5-6-25-13(8-24)9-29-10-15(25)12-3-4-12/h7,12-13,15H,3-6,8-10H2,1-2H3,(H,22,26,28)/t13-,15-/m1/s1. The monoisotopic (exact) mass is 399 g/mol. The summed E-state index contributed by atoms with van der Waals surface area (Å²) in [5.74, 6) is 0.532. The molecule has 2 atom stereocenters. The highest BCUT2D eigenvalue weighted by atomic mass is 16.5. The third-order valence-electron chi connectivity index (χ3n) is 6.44. The molecule has 0 radical (unpaired) electrons. The Labute approximate surface area is 167 Å². The number of fused-ring (bicyclic) bond motifs is 2. The molecule has 4 heterocycles. The van der Waals surface area contributed by atoms with Crippen LogP contribution in [0, 0.1) is 12.8 Å². The number of piperazine rings is 1. The average Bonchev–Trinajstić information content (AvgIpc) is 3.55. The van der Waals surface area contributed by atoms with Gasteiger partial charge in [0.15, 0.2) is 0 Å². The van der Waals surface area contributed by atoms with E-state index in [0.29, 0.717) is 37.0 Å². The van der Waals surface area contributed by atoms with Crippen LogP contribution in [0.15, 0.2) is 15.7 Å². The van der Waals surface area contributed by atoms with E-state index < -0.39 is 11.2 Å². The second kappa shape index (κ2) is 6.77. The molecule has 0 bridgehead atoms. The molecule has 2 aromatic heterocycles. The van der Waals surface area contributed by atoms with Gasteiger partial charge in [-0.05, 0) is 31.7 Å². The summed E-state index contributed by atoms with van der Waals surface area (Å²) in [6, 6.07) is 2.29. The Morgan fingerprint density at radius 3 is 2.79 bits per heavy atom. The van der Waals surface area contributed by atoms with Gasteiger partial charge in [0, 0.05) is 38.4 Å². The number of aryl methyl sites for hydroxylation is 2. The maximum atomic E-state index is 13.4. The molecule has 2 saturated heterocycles. The minimum Gasteiger partial charge on any atom is -0.378 e. The number of aromatic amines is 1. The van der Waals surface area contributed by atoms with Gasteiger partial charge < -0.3 is 9.64 Å². The minimum absolute atomic E-state index is 0.167. The molecular weight excluding hydrogens is 374 g/mol. The topological polar surface area (TPSA) is 101 Å². The van der Waals surface area contributed by atoms with Crippen molar-refractivity contribution < 1.29 is 9.53 Å². The summed E-state index contributed by atoms with van der Waals surface area (Å²) < 4.78 is 7.11. The van der Waals surface area contributed by atoms with Crippen molar-refractivity contribution >= 4 is 16.9 Å². The van der Waals surface area contributed by atoms with E-state index in [1.165, 1.54) is 24.5 Å². The second-order valence-corrected chi connectivity index (χ2v) is 8.41. The highest BCUT2D eigenvalue weighted by Crippen LogP contribution is 2.38. The van der Waals surface area contributed by atoms with Crippen LogP contribution in [-0.2, 0) is 11.8 Å². The molecule has 9 heteroatoms. The number of H-pyrrole nitrogens is 1. The third kappa shape index (κ3) is 3.08. The molecule has 0 spiro atoms. The average molecular weight is 399 g/mol. The number of aromatic nitrogens is 3. The van der Waals surface area contributed by atoms with Crippen molar-refractivity contribution in [2.24, 2.45) is 13.0 Å². The number of nitrogens with one attached hydrogen (secondary N) is 1. The molecule has 0 aromatic carbocycles. The van der Waals surface area contributed by atoms with Gasteiger partial charge >= 0.3 is 5.69 Å². The number of pyridine rings is 1. The Bertz CT molecular complexity index is 1100. The van der Waals surface area contributed by atoms with Gasteiger partial charge in [0.1, 0.15) is 5.65 Å². The number of carbonyl (C=O) groups is 1. The summed E-state index contributed by atoms with van der Waals surface area (Å²) >= 11 is 0. The van der Waals surface area contributed by atoms with E-state index in [-0.39, 0.29) is 23.0 Å². The first kappa shape index (κ1) is 18.5. The highest BCUT2D eigenvalue weighted by molar-refractivity contribution is 6.05. The molecule has 2 aliphatic heterocycles. The fourth-order valence-corrected chi connectivity index (χ4v) is 4.75. The zero-order valence-corrected chi connectivity index (χ0v) is 16.7. The van der Waals surface area contributed by atoms with Crippen molar-refractivity contribution in [3.05, 3.63) is 38.2 Å². The molecule has 154 valence electrons. The molecule has 5 rings (SSSR count). The molecule has 1 N–H and O–H groups in total. The number of morpholine rings is 1. The van der Waals surface area contributed by atoms with Crippen molar-refractivity contribution in [3.63, 3.8) is 0 Å². The summed E-state index contributed by atoms with van der Waals surface area (Å²) in [7, 11) is 1.54. The summed E-state index contributed by atoms with van der Waals surface area (Å²) in [5, 5.41) is 0.167. The zero-order valence-electron chi connectivity index (χ0n) is 16.7. The quantitative estimate of drug-likeness (QED) is 0.755. The van der Waals surface area contributed by atoms with Crippen LogP contribution in [0.3, 0.4) is 0 Å². The third-order valence-corrected chi connectivity index (χ3v) is 6.44. The number of amides is 1. The number of ether oxygens (including phenoxy) is 1. The van der Waals surface area contributed by atoms with Crippen LogP contribution in [0.5, 0.6) is 0 Å². The van der Waals surface area contributed by atoms with E-state index in [1.807, 2.05) is 0 Å². The van der Waals surface area contributed by atoms with E-state index in [0.717, 1.165) is 19.1 Å². The SMILES string of the molecule is Cc1cc(C(=O)N2CCN3[C@@H](COC[C@@H]3C3CC3)C2)c2c(=O)[nH]c(=O)n(C)c2n1. The fraction of sp³-hybridized carbons (Fsp3) is 0.600. The van der Waals surface area contributed by atoms with Crippen molar-refractivity contribution in [2.45, 2.75) is 31.8 Å². The Morgan fingerprint density at radius 1 is 1.24 bits per heavy atom. The van der Waals surface area contributed by atoms with Gasteiger partial charge in [-0.25, -0.2) is 9.78 Å². The summed E-state index contributed by atoms with van der Waals surface area (Å²) in [4.78, 5) is 48.8. The van der Waals surface area contributed by atoms with Gasteiger partial charge in [0.05, 0.1) is 30.2 Å². The molecule has 0 unspecified atom stereocenters. The Balaban J connectivity index is 1.48.